The molecule has 0 unspecified atom stereocenters. The topological polar surface area (TPSA) is 168 Å². The van der Waals surface area contributed by atoms with E-state index < -0.39 is 58.0 Å². The molecular weight excluding hydrogens is 552 g/mol. The van der Waals surface area contributed by atoms with Crippen molar-refractivity contribution in [2.75, 3.05) is 33.1 Å². The number of Topliss-reactive ketones (excluding diaryl/α,β-unsaturated/α-hetero) is 2. The fraction of sp³-hybridized carbons (Fsp3) is 0.406. The van der Waals surface area contributed by atoms with Crippen molar-refractivity contribution in [2.24, 2.45) is 17.6 Å². The first kappa shape index (κ1) is 28.9. The third-order valence-electron chi connectivity index (χ3n) is 9.52. The van der Waals surface area contributed by atoms with Crippen molar-refractivity contribution < 1.29 is 34.8 Å². The lowest BCUT2D eigenvalue weighted by molar-refractivity contribution is -0.153. The summed E-state index contributed by atoms with van der Waals surface area (Å²) in [5.41, 5.74) is 6.68. The predicted octanol–water partition coefficient (Wildman–Crippen LogP) is 1.55. The Balaban J connectivity index is 1.47. The lowest BCUT2D eigenvalue weighted by atomic mass is 9.57. The van der Waals surface area contributed by atoms with E-state index in [0.717, 1.165) is 24.3 Å². The second-order valence-corrected chi connectivity index (χ2v) is 12.5. The van der Waals surface area contributed by atoms with Gasteiger partial charge in [0.25, 0.3) is 5.91 Å². The van der Waals surface area contributed by atoms with Crippen LogP contribution in [0.2, 0.25) is 0 Å². The van der Waals surface area contributed by atoms with Crippen molar-refractivity contribution >= 4 is 28.9 Å². The molecule has 0 spiro atoms. The Kier molecular flexibility index (Phi) is 6.68. The SMILES string of the molecule is CN(C)c1c(CN2Cc3ccccc3C2)cc(O)c2c1C[C@H]1C[C@H]3[C@H](N(C)C)C(=O)C(C(N)=O)=C(O)[C@@]3(O)C(=O)C1=C2O. The van der Waals surface area contributed by atoms with Crippen LogP contribution in [0.15, 0.2) is 47.2 Å². The van der Waals surface area contributed by atoms with E-state index in [1.807, 2.05) is 31.1 Å². The minimum absolute atomic E-state index is 0.0467. The molecule has 4 atom stereocenters. The van der Waals surface area contributed by atoms with E-state index in [2.05, 4.69) is 17.0 Å². The Bertz CT molecular complexity index is 1630. The molecule has 4 aliphatic rings. The van der Waals surface area contributed by atoms with Crippen LogP contribution in [0.5, 0.6) is 5.75 Å². The van der Waals surface area contributed by atoms with Crippen molar-refractivity contribution in [1.29, 1.82) is 0 Å². The van der Waals surface area contributed by atoms with E-state index in [1.54, 1.807) is 20.2 Å². The summed E-state index contributed by atoms with van der Waals surface area (Å²) in [6.07, 6.45) is 0.286. The van der Waals surface area contributed by atoms with Gasteiger partial charge >= 0.3 is 0 Å². The summed E-state index contributed by atoms with van der Waals surface area (Å²) in [6.45, 7) is 2.06. The molecule has 0 bridgehead atoms. The Labute approximate surface area is 249 Å². The van der Waals surface area contributed by atoms with Crippen molar-refractivity contribution in [3.8, 4) is 5.75 Å². The smallest absolute Gasteiger partial charge is 0.255 e. The number of aliphatic hydroxyl groups excluding tert-OH is 2. The Morgan fingerprint density at radius 1 is 1.07 bits per heavy atom. The first-order valence-corrected chi connectivity index (χ1v) is 14.3. The van der Waals surface area contributed by atoms with Gasteiger partial charge in [-0.15, -0.1) is 0 Å². The highest BCUT2D eigenvalue weighted by Crippen LogP contribution is 2.54. The Hall–Kier alpha value is -4.19. The molecule has 11 nitrogen and oxygen atoms in total. The largest absolute Gasteiger partial charge is 0.508 e. The number of fused-ring (bicyclic) bond motifs is 4. The maximum Gasteiger partial charge on any atom is 0.255 e. The highest BCUT2D eigenvalue weighted by Gasteiger charge is 2.64. The molecule has 3 aliphatic carbocycles. The molecule has 1 saturated carbocycles. The lowest BCUT2D eigenvalue weighted by Crippen LogP contribution is -2.65. The monoisotopic (exact) mass is 588 g/mol. The van der Waals surface area contributed by atoms with Crippen LogP contribution in [0.1, 0.15) is 34.2 Å². The van der Waals surface area contributed by atoms with E-state index in [1.165, 1.54) is 16.0 Å². The van der Waals surface area contributed by atoms with Gasteiger partial charge in [0.2, 0.25) is 5.78 Å². The van der Waals surface area contributed by atoms with Crippen LogP contribution in [0, 0.1) is 11.8 Å². The van der Waals surface area contributed by atoms with Gasteiger partial charge < -0.3 is 31.1 Å². The number of amides is 1. The number of hydrogen-bond donors (Lipinski definition) is 5. The number of phenols is 1. The molecule has 43 heavy (non-hydrogen) atoms. The number of hydrogen-bond acceptors (Lipinski definition) is 10. The standard InChI is InChI=1S/C32H36N4O7/c1-34(2)25-18(14-36-12-15-7-5-6-8-16(15)13-36)11-21(37)23-19(25)9-17-10-20-26(35(3)4)28(39)24(31(33)42)30(41)32(20,43)29(40)22(17)27(23)38/h5-8,11,17,20,26,37-38,41,43H,9-10,12-14H2,1-4H3,(H2,33,42)/t17-,20-,26-,32-/m0/s1. The highest BCUT2D eigenvalue weighted by atomic mass is 16.3. The molecule has 6 rings (SSSR count). The number of nitrogens with two attached hydrogens (primary N) is 1. The number of phenolic OH excluding ortho intramolecular Hbond substituents is 1. The number of nitrogens with zero attached hydrogens (tertiary/aromatic N) is 3. The van der Waals surface area contributed by atoms with Gasteiger partial charge in [-0.05, 0) is 61.2 Å². The molecule has 2 aromatic carbocycles. The number of rotatable bonds is 5. The molecule has 0 radical (unpaired) electrons. The molecule has 0 saturated heterocycles. The van der Waals surface area contributed by atoms with Crippen molar-refractivity contribution in [3.63, 3.8) is 0 Å². The van der Waals surface area contributed by atoms with Gasteiger partial charge in [-0.25, -0.2) is 0 Å². The van der Waals surface area contributed by atoms with E-state index in [-0.39, 0.29) is 29.7 Å². The van der Waals surface area contributed by atoms with E-state index in [4.69, 9.17) is 5.73 Å². The van der Waals surface area contributed by atoms with E-state index in [0.29, 0.717) is 12.1 Å². The van der Waals surface area contributed by atoms with Gasteiger partial charge in [-0.1, -0.05) is 24.3 Å². The van der Waals surface area contributed by atoms with Gasteiger partial charge in [-0.3, -0.25) is 24.2 Å². The maximum atomic E-state index is 14.1. The molecule has 226 valence electrons. The van der Waals surface area contributed by atoms with E-state index >= 15 is 0 Å². The first-order chi connectivity index (χ1) is 20.3. The molecule has 0 aromatic heterocycles. The summed E-state index contributed by atoms with van der Waals surface area (Å²) in [5.74, 6) is -6.59. The number of benzene rings is 2. The third-order valence-corrected chi connectivity index (χ3v) is 9.52. The summed E-state index contributed by atoms with van der Waals surface area (Å²) in [6, 6.07) is 8.72. The molecular formula is C32H36N4O7. The number of ketones is 2. The maximum absolute atomic E-state index is 14.1. The van der Waals surface area contributed by atoms with Crippen LogP contribution in [-0.4, -0.2) is 87.5 Å². The first-order valence-electron chi connectivity index (χ1n) is 14.3. The number of aliphatic hydroxyl groups is 3. The van der Waals surface area contributed by atoms with Crippen molar-refractivity contribution in [2.45, 2.75) is 44.1 Å². The quantitative estimate of drug-likeness (QED) is 0.323. The number of anilines is 1. The molecule has 1 amide bonds. The van der Waals surface area contributed by atoms with Crippen LogP contribution < -0.4 is 10.6 Å². The fourth-order valence-electron chi connectivity index (χ4n) is 7.80. The molecule has 1 heterocycles. The molecule has 11 heteroatoms. The van der Waals surface area contributed by atoms with Crippen molar-refractivity contribution in [1.82, 2.24) is 9.80 Å². The van der Waals surface area contributed by atoms with Gasteiger partial charge in [-0.2, -0.15) is 0 Å². The number of carbonyl (C=O) groups excluding carboxylic acids is 3. The van der Waals surface area contributed by atoms with Crippen LogP contribution in [0.4, 0.5) is 5.69 Å². The minimum Gasteiger partial charge on any atom is -0.508 e. The summed E-state index contributed by atoms with van der Waals surface area (Å²) in [5, 5.41) is 45.7. The Morgan fingerprint density at radius 2 is 1.70 bits per heavy atom. The fourth-order valence-corrected chi connectivity index (χ4v) is 7.80. The average molecular weight is 589 g/mol. The van der Waals surface area contributed by atoms with Gasteiger partial charge in [0, 0.05) is 50.9 Å². The molecule has 1 fully saturated rings. The zero-order chi connectivity index (χ0) is 31.1. The van der Waals surface area contributed by atoms with Crippen LogP contribution in [0.25, 0.3) is 5.76 Å². The average Bonchev–Trinajstić information content (AvgIpc) is 3.32. The second kappa shape index (κ2) is 9.94. The predicted molar refractivity (Wildman–Crippen MR) is 158 cm³/mol. The number of carbonyl (C=O) groups is 3. The third kappa shape index (κ3) is 4.10. The number of likely N-dealkylation sites (N-methyl/N-ethyl adjacent to an activating group) is 1. The van der Waals surface area contributed by atoms with Crippen molar-refractivity contribution in [3.05, 3.63) is 75.1 Å². The van der Waals surface area contributed by atoms with Gasteiger partial charge in [0.15, 0.2) is 11.4 Å². The normalized spacial score (nSPS) is 26.8. The summed E-state index contributed by atoms with van der Waals surface area (Å²) >= 11 is 0. The zero-order valence-electron chi connectivity index (χ0n) is 24.6. The second-order valence-electron chi connectivity index (χ2n) is 12.5. The molecule has 1 aliphatic heterocycles. The van der Waals surface area contributed by atoms with Crippen LogP contribution in [0.3, 0.4) is 0 Å². The summed E-state index contributed by atoms with van der Waals surface area (Å²) in [4.78, 5) is 45.3. The summed E-state index contributed by atoms with van der Waals surface area (Å²) in [7, 11) is 6.93. The van der Waals surface area contributed by atoms with Crippen LogP contribution >= 0.6 is 0 Å². The lowest BCUT2D eigenvalue weighted by Gasteiger charge is -2.50. The van der Waals surface area contributed by atoms with Crippen LogP contribution in [-0.2, 0) is 40.4 Å². The van der Waals surface area contributed by atoms with Gasteiger partial charge in [0.05, 0.1) is 11.6 Å². The zero-order valence-corrected chi connectivity index (χ0v) is 24.6. The molecule has 6 N–H and O–H groups in total. The number of aromatic hydroxyl groups is 1. The Morgan fingerprint density at radius 3 is 2.26 bits per heavy atom. The molecule has 2 aromatic rings. The van der Waals surface area contributed by atoms with Gasteiger partial charge in [0.1, 0.15) is 22.8 Å². The minimum atomic E-state index is -2.66. The highest BCUT2D eigenvalue weighted by molar-refractivity contribution is 6.24. The summed E-state index contributed by atoms with van der Waals surface area (Å²) < 4.78 is 0. The number of primary amides is 1. The van der Waals surface area contributed by atoms with E-state index in [9.17, 15) is 34.8 Å².